The van der Waals surface area contributed by atoms with Crippen LogP contribution in [0.3, 0.4) is 0 Å². The smallest absolute Gasteiger partial charge is 0.146 e. The topological polar surface area (TPSA) is 61.9 Å². The van der Waals surface area contributed by atoms with E-state index in [1.807, 2.05) is 13.0 Å². The van der Waals surface area contributed by atoms with Crippen LogP contribution in [-0.2, 0) is 0 Å². The number of hydrogen-bond donors (Lipinski definition) is 3. The zero-order valence-corrected chi connectivity index (χ0v) is 10.9. The van der Waals surface area contributed by atoms with E-state index in [9.17, 15) is 4.39 Å². The SMILES string of the molecule is CC(=N)c1ccc(Nc2ccc(C)cc2F)cc1N. The fourth-order valence-corrected chi connectivity index (χ4v) is 1.86. The Bertz CT molecular complexity index is 635. The first kappa shape index (κ1) is 13.1. The molecule has 0 aliphatic carbocycles. The Morgan fingerprint density at radius 1 is 1.21 bits per heavy atom. The molecule has 3 nitrogen and oxygen atoms in total. The zero-order chi connectivity index (χ0) is 14.0. The second-order valence-corrected chi connectivity index (χ2v) is 4.54. The molecule has 0 unspecified atom stereocenters. The van der Waals surface area contributed by atoms with E-state index in [1.165, 1.54) is 6.07 Å². The first-order valence-corrected chi connectivity index (χ1v) is 5.95. The molecule has 4 heteroatoms. The molecule has 0 amide bonds. The highest BCUT2D eigenvalue weighted by Crippen LogP contribution is 2.24. The Morgan fingerprint density at radius 3 is 2.53 bits per heavy atom. The second kappa shape index (κ2) is 5.10. The molecule has 0 atom stereocenters. The summed E-state index contributed by atoms with van der Waals surface area (Å²) >= 11 is 0. The third-order valence-corrected chi connectivity index (χ3v) is 2.86. The predicted octanol–water partition coefficient (Wildman–Crippen LogP) is 3.85. The highest BCUT2D eigenvalue weighted by molar-refractivity contribution is 6.01. The number of rotatable bonds is 3. The van der Waals surface area contributed by atoms with Crippen molar-refractivity contribution in [2.24, 2.45) is 0 Å². The summed E-state index contributed by atoms with van der Waals surface area (Å²) in [7, 11) is 0. The van der Waals surface area contributed by atoms with Crippen molar-refractivity contribution in [2.45, 2.75) is 13.8 Å². The van der Waals surface area contributed by atoms with Crippen LogP contribution < -0.4 is 11.1 Å². The molecule has 0 spiro atoms. The van der Waals surface area contributed by atoms with Gasteiger partial charge in [0.1, 0.15) is 5.82 Å². The minimum absolute atomic E-state index is 0.300. The molecular weight excluding hydrogens is 241 g/mol. The van der Waals surface area contributed by atoms with E-state index in [1.54, 1.807) is 31.2 Å². The number of nitrogens with one attached hydrogen (secondary N) is 2. The van der Waals surface area contributed by atoms with E-state index in [2.05, 4.69) is 5.32 Å². The summed E-state index contributed by atoms with van der Waals surface area (Å²) in [6, 6.07) is 10.2. The number of aryl methyl sites for hydroxylation is 1. The first-order chi connectivity index (χ1) is 8.97. The van der Waals surface area contributed by atoms with Gasteiger partial charge in [-0.05, 0) is 49.7 Å². The van der Waals surface area contributed by atoms with Crippen molar-refractivity contribution in [2.75, 3.05) is 11.1 Å². The van der Waals surface area contributed by atoms with Gasteiger partial charge in [0.2, 0.25) is 0 Å². The Hall–Kier alpha value is -2.36. The number of anilines is 3. The average Bonchev–Trinajstić information content (AvgIpc) is 2.32. The summed E-state index contributed by atoms with van der Waals surface area (Å²) in [5, 5.41) is 10.5. The normalized spacial score (nSPS) is 10.3. The molecule has 0 aliphatic heterocycles. The van der Waals surface area contributed by atoms with E-state index in [0.717, 1.165) is 5.56 Å². The molecule has 19 heavy (non-hydrogen) atoms. The molecule has 0 bridgehead atoms. The lowest BCUT2D eigenvalue weighted by Gasteiger charge is -2.11. The van der Waals surface area contributed by atoms with Gasteiger partial charge in [0.25, 0.3) is 0 Å². The maximum Gasteiger partial charge on any atom is 0.146 e. The van der Waals surface area contributed by atoms with Crippen LogP contribution in [-0.4, -0.2) is 5.71 Å². The Balaban J connectivity index is 2.29. The largest absolute Gasteiger partial charge is 0.398 e. The molecule has 0 saturated carbocycles. The number of nitrogen functional groups attached to an aromatic ring is 1. The fourth-order valence-electron chi connectivity index (χ4n) is 1.86. The van der Waals surface area contributed by atoms with Gasteiger partial charge >= 0.3 is 0 Å². The molecule has 0 heterocycles. The van der Waals surface area contributed by atoms with Gasteiger partial charge in [0, 0.05) is 22.6 Å². The van der Waals surface area contributed by atoms with Crippen LogP contribution >= 0.6 is 0 Å². The molecule has 2 aromatic carbocycles. The molecule has 0 radical (unpaired) electrons. The highest BCUT2D eigenvalue weighted by Gasteiger charge is 2.05. The molecule has 2 aromatic rings. The summed E-state index contributed by atoms with van der Waals surface area (Å²) in [4.78, 5) is 0. The van der Waals surface area contributed by atoms with Crippen LogP contribution in [0, 0.1) is 18.2 Å². The van der Waals surface area contributed by atoms with Gasteiger partial charge < -0.3 is 16.5 Å². The fraction of sp³-hybridized carbons (Fsp3) is 0.133. The maximum atomic E-state index is 13.7. The van der Waals surface area contributed by atoms with Crippen molar-refractivity contribution < 1.29 is 4.39 Å². The molecule has 0 aliphatic rings. The van der Waals surface area contributed by atoms with Crippen LogP contribution in [0.2, 0.25) is 0 Å². The molecule has 4 N–H and O–H groups in total. The summed E-state index contributed by atoms with van der Waals surface area (Å²) in [5.74, 6) is -0.300. The van der Waals surface area contributed by atoms with Gasteiger partial charge in [0.05, 0.1) is 5.69 Å². The number of benzene rings is 2. The van der Waals surface area contributed by atoms with Crippen molar-refractivity contribution in [1.29, 1.82) is 5.41 Å². The van der Waals surface area contributed by atoms with Crippen LogP contribution in [0.1, 0.15) is 18.1 Å². The Kier molecular flexibility index (Phi) is 3.51. The molecule has 98 valence electrons. The summed E-state index contributed by atoms with van der Waals surface area (Å²) in [6.07, 6.45) is 0. The van der Waals surface area contributed by atoms with Crippen LogP contribution in [0.15, 0.2) is 36.4 Å². The van der Waals surface area contributed by atoms with Gasteiger partial charge in [-0.3, -0.25) is 0 Å². The van der Waals surface area contributed by atoms with E-state index >= 15 is 0 Å². The van der Waals surface area contributed by atoms with Gasteiger partial charge in [-0.1, -0.05) is 6.07 Å². The van der Waals surface area contributed by atoms with Crippen molar-refractivity contribution >= 4 is 22.8 Å². The number of hydrogen-bond acceptors (Lipinski definition) is 3. The highest BCUT2D eigenvalue weighted by atomic mass is 19.1. The van der Waals surface area contributed by atoms with Crippen molar-refractivity contribution in [3.8, 4) is 0 Å². The van der Waals surface area contributed by atoms with Crippen molar-refractivity contribution in [3.63, 3.8) is 0 Å². The summed E-state index contributed by atoms with van der Waals surface area (Å²) in [6.45, 7) is 3.52. The third kappa shape index (κ3) is 2.91. The van der Waals surface area contributed by atoms with E-state index in [-0.39, 0.29) is 5.82 Å². The predicted molar refractivity (Wildman–Crippen MR) is 77.8 cm³/mol. The van der Waals surface area contributed by atoms with Gasteiger partial charge in [-0.2, -0.15) is 0 Å². The van der Waals surface area contributed by atoms with Gasteiger partial charge in [0.15, 0.2) is 0 Å². The zero-order valence-electron chi connectivity index (χ0n) is 10.9. The number of halogens is 1. The first-order valence-electron chi connectivity index (χ1n) is 5.95. The second-order valence-electron chi connectivity index (χ2n) is 4.54. The van der Waals surface area contributed by atoms with Crippen molar-refractivity contribution in [1.82, 2.24) is 0 Å². The van der Waals surface area contributed by atoms with E-state index in [4.69, 9.17) is 11.1 Å². The minimum Gasteiger partial charge on any atom is -0.398 e. The molecule has 0 saturated heterocycles. The van der Waals surface area contributed by atoms with Crippen LogP contribution in [0.5, 0.6) is 0 Å². The standard InChI is InChI=1S/C15H16FN3/c1-9-3-6-15(13(16)7-9)19-11-4-5-12(10(2)17)14(18)8-11/h3-8,17,19H,18H2,1-2H3. The molecule has 2 rings (SSSR count). The van der Waals surface area contributed by atoms with Gasteiger partial charge in [-0.15, -0.1) is 0 Å². The lowest BCUT2D eigenvalue weighted by molar-refractivity contribution is 0.631. The lowest BCUT2D eigenvalue weighted by atomic mass is 10.1. The summed E-state index contributed by atoms with van der Waals surface area (Å²) in [5.41, 5.74) is 9.44. The van der Waals surface area contributed by atoms with Crippen molar-refractivity contribution in [3.05, 3.63) is 53.3 Å². The minimum atomic E-state index is -0.300. The Morgan fingerprint density at radius 2 is 1.95 bits per heavy atom. The Labute approximate surface area is 111 Å². The monoisotopic (exact) mass is 257 g/mol. The quantitative estimate of drug-likeness (QED) is 0.577. The van der Waals surface area contributed by atoms with Crippen LogP contribution in [0.25, 0.3) is 0 Å². The molecule has 0 aromatic heterocycles. The maximum absolute atomic E-state index is 13.7. The van der Waals surface area contributed by atoms with Gasteiger partial charge in [-0.25, -0.2) is 4.39 Å². The third-order valence-electron chi connectivity index (χ3n) is 2.86. The number of nitrogens with two attached hydrogens (primary N) is 1. The molecule has 0 fully saturated rings. The summed E-state index contributed by atoms with van der Waals surface area (Å²) < 4.78 is 13.7. The molecular formula is C15H16FN3. The van der Waals surface area contributed by atoms with Crippen LogP contribution in [0.4, 0.5) is 21.5 Å². The van der Waals surface area contributed by atoms with E-state index in [0.29, 0.717) is 28.3 Å². The van der Waals surface area contributed by atoms with E-state index < -0.39 is 0 Å². The average molecular weight is 257 g/mol. The lowest BCUT2D eigenvalue weighted by Crippen LogP contribution is -2.01.